The third kappa shape index (κ3) is 6.35. The lowest BCUT2D eigenvalue weighted by Gasteiger charge is -2.31. The minimum atomic E-state index is 0.878. The van der Waals surface area contributed by atoms with Crippen LogP contribution in [0, 0.1) is 0 Å². The summed E-state index contributed by atoms with van der Waals surface area (Å²) in [4.78, 5) is 2.49. The fraction of sp³-hybridized carbons (Fsp3) is 0. The first-order valence-electron chi connectivity index (χ1n) is 22.9. The van der Waals surface area contributed by atoms with Crippen LogP contribution in [-0.4, -0.2) is 4.57 Å². The highest BCUT2D eigenvalue weighted by Crippen LogP contribution is 2.49. The molecule has 0 spiro atoms. The normalized spacial score (nSPS) is 11.6. The van der Waals surface area contributed by atoms with Crippen LogP contribution in [0.15, 0.2) is 259 Å². The molecule has 0 saturated carbocycles. The quantitative estimate of drug-likeness (QED) is 0.152. The molecule has 11 aromatic carbocycles. The maximum Gasteiger partial charge on any atom is 0.136 e. The van der Waals surface area contributed by atoms with E-state index >= 15 is 0 Å². The van der Waals surface area contributed by atoms with Gasteiger partial charge in [-0.25, -0.2) is 0 Å². The van der Waals surface area contributed by atoms with E-state index < -0.39 is 0 Å². The van der Waals surface area contributed by atoms with Crippen LogP contribution in [0.2, 0.25) is 0 Å². The number of rotatable bonds is 8. The van der Waals surface area contributed by atoms with Crippen molar-refractivity contribution < 1.29 is 4.42 Å². The Balaban J connectivity index is 1.10. The molecule has 13 aromatic rings. The van der Waals surface area contributed by atoms with Crippen LogP contribution in [0.3, 0.4) is 0 Å². The van der Waals surface area contributed by atoms with Crippen molar-refractivity contribution in [2.24, 2.45) is 0 Å². The molecule has 3 nitrogen and oxygen atoms in total. The second kappa shape index (κ2) is 16.0. The highest BCUT2D eigenvalue weighted by atomic mass is 16.3. The van der Waals surface area contributed by atoms with Gasteiger partial charge in [0.15, 0.2) is 0 Å². The Morgan fingerprint density at radius 2 is 0.851 bits per heavy atom. The van der Waals surface area contributed by atoms with Crippen molar-refractivity contribution in [1.82, 2.24) is 4.57 Å². The number of hydrogen-bond donors (Lipinski definition) is 0. The van der Waals surface area contributed by atoms with E-state index in [0.29, 0.717) is 0 Å². The number of fused-ring (bicyclic) bond motifs is 7. The van der Waals surface area contributed by atoms with Gasteiger partial charge in [-0.2, -0.15) is 0 Å². The Bertz CT molecular complexity index is 3990. The molecule has 0 saturated heterocycles. The van der Waals surface area contributed by atoms with E-state index in [4.69, 9.17) is 4.42 Å². The number of furan rings is 1. The van der Waals surface area contributed by atoms with Gasteiger partial charge in [-0.3, -0.25) is 0 Å². The third-order valence-corrected chi connectivity index (χ3v) is 13.4. The van der Waals surface area contributed by atoms with E-state index in [1.165, 1.54) is 49.3 Å². The Labute approximate surface area is 388 Å². The molecule has 0 amide bonds. The molecule has 67 heavy (non-hydrogen) atoms. The number of hydrogen-bond acceptors (Lipinski definition) is 2. The third-order valence-electron chi connectivity index (χ3n) is 13.4. The molecule has 0 aliphatic carbocycles. The fourth-order valence-electron chi connectivity index (χ4n) is 10.5. The number of nitrogens with zero attached hydrogens (tertiary/aromatic N) is 2. The van der Waals surface area contributed by atoms with Crippen molar-refractivity contribution in [3.05, 3.63) is 255 Å². The van der Waals surface area contributed by atoms with Crippen LogP contribution < -0.4 is 4.90 Å². The monoisotopic (exact) mass is 854 g/mol. The molecule has 0 unspecified atom stereocenters. The largest absolute Gasteiger partial charge is 0.456 e. The first kappa shape index (κ1) is 38.5. The van der Waals surface area contributed by atoms with E-state index in [1.54, 1.807) is 0 Å². The van der Waals surface area contributed by atoms with Gasteiger partial charge < -0.3 is 13.9 Å². The van der Waals surface area contributed by atoms with Gasteiger partial charge >= 0.3 is 0 Å². The maximum atomic E-state index is 6.42. The van der Waals surface area contributed by atoms with Gasteiger partial charge in [-0.1, -0.05) is 200 Å². The van der Waals surface area contributed by atoms with Gasteiger partial charge in [-0.05, 0) is 93.2 Å². The topological polar surface area (TPSA) is 21.3 Å². The van der Waals surface area contributed by atoms with E-state index in [0.717, 1.165) is 72.5 Å². The van der Waals surface area contributed by atoms with Gasteiger partial charge in [-0.15, -0.1) is 0 Å². The smallest absolute Gasteiger partial charge is 0.136 e. The summed E-state index contributed by atoms with van der Waals surface area (Å²) in [6.45, 7) is 0. The highest BCUT2D eigenvalue weighted by Gasteiger charge is 2.25. The SMILES string of the molecule is c1ccc(-c2cccc3cccc(-c4ccccc4N(c4cccc(-c5cccc6oc7ccccc7c56)c4)c4ccccc4-c4cccc5c6ccccc6n(-c6ccccc6)c45)c23)cc1. The molecule has 0 aliphatic heterocycles. The second-order valence-electron chi connectivity index (χ2n) is 17.2. The molecule has 13 rings (SSSR count). The predicted molar refractivity (Wildman–Crippen MR) is 282 cm³/mol. The summed E-state index contributed by atoms with van der Waals surface area (Å²) in [5.74, 6) is 0. The average molecular weight is 855 g/mol. The molecule has 0 aliphatic rings. The minimum Gasteiger partial charge on any atom is -0.456 e. The number of benzene rings is 11. The average Bonchev–Trinajstić information content (AvgIpc) is 3.96. The molecule has 2 aromatic heterocycles. The number of para-hydroxylation sites is 6. The van der Waals surface area contributed by atoms with Crippen LogP contribution in [0.25, 0.3) is 105 Å². The lowest BCUT2D eigenvalue weighted by Crippen LogP contribution is -2.13. The van der Waals surface area contributed by atoms with Crippen molar-refractivity contribution in [2.75, 3.05) is 4.90 Å². The minimum absolute atomic E-state index is 0.878. The molecule has 0 fully saturated rings. The zero-order chi connectivity index (χ0) is 44.3. The van der Waals surface area contributed by atoms with E-state index in [9.17, 15) is 0 Å². The summed E-state index contributed by atoms with van der Waals surface area (Å²) in [7, 11) is 0. The summed E-state index contributed by atoms with van der Waals surface area (Å²) in [5.41, 5.74) is 17.6. The van der Waals surface area contributed by atoms with Crippen molar-refractivity contribution >= 4 is 71.6 Å². The molecule has 0 radical (unpaired) electrons. The fourth-order valence-corrected chi connectivity index (χ4v) is 10.5. The number of anilines is 3. The molecular formula is C64H42N2O. The van der Waals surface area contributed by atoms with Crippen LogP contribution in [0.5, 0.6) is 0 Å². The molecule has 314 valence electrons. The lowest BCUT2D eigenvalue weighted by molar-refractivity contribution is 0.669. The maximum absolute atomic E-state index is 6.42. The standard InChI is InChI=1S/C64H42N2O/c1-3-20-43(21-4-1)48-32-16-22-44-23-17-34-53(62(44)48)50-28-7-11-37-57(50)65(47-27-15-24-45(42-47)49-33-19-41-61-63(49)56-31-10-14-40-60(56)67-61)58-38-12-8-29-51(58)54-35-18-36-55-52-30-9-13-39-59(52)66(64(54)55)46-25-5-2-6-26-46/h1-42H. The molecule has 3 heteroatoms. The molecule has 2 heterocycles. The van der Waals surface area contributed by atoms with E-state index in [1.807, 2.05) is 6.07 Å². The summed E-state index contributed by atoms with van der Waals surface area (Å²) >= 11 is 0. The first-order chi connectivity index (χ1) is 33.3. The van der Waals surface area contributed by atoms with Crippen molar-refractivity contribution in [1.29, 1.82) is 0 Å². The summed E-state index contributed by atoms with van der Waals surface area (Å²) in [6.07, 6.45) is 0. The van der Waals surface area contributed by atoms with Crippen molar-refractivity contribution in [3.8, 4) is 50.2 Å². The first-order valence-corrected chi connectivity index (χ1v) is 22.9. The summed E-state index contributed by atoms with van der Waals surface area (Å²) < 4.78 is 8.86. The molecule has 0 bridgehead atoms. The van der Waals surface area contributed by atoms with Gasteiger partial charge in [0.2, 0.25) is 0 Å². The Kier molecular flexibility index (Phi) is 9.17. The Morgan fingerprint density at radius 1 is 0.328 bits per heavy atom. The highest BCUT2D eigenvalue weighted by molar-refractivity contribution is 6.16. The molecule has 0 atom stereocenters. The van der Waals surface area contributed by atoms with Crippen molar-refractivity contribution in [2.45, 2.75) is 0 Å². The van der Waals surface area contributed by atoms with Gasteiger partial charge in [0, 0.05) is 49.6 Å². The van der Waals surface area contributed by atoms with Crippen LogP contribution in [0.1, 0.15) is 0 Å². The summed E-state index contributed by atoms with van der Waals surface area (Å²) in [5, 5.41) is 7.09. The second-order valence-corrected chi connectivity index (χ2v) is 17.2. The van der Waals surface area contributed by atoms with Gasteiger partial charge in [0.1, 0.15) is 11.2 Å². The van der Waals surface area contributed by atoms with Crippen molar-refractivity contribution in [3.63, 3.8) is 0 Å². The van der Waals surface area contributed by atoms with Crippen LogP contribution in [-0.2, 0) is 0 Å². The summed E-state index contributed by atoms with van der Waals surface area (Å²) in [6, 6.07) is 92.1. The van der Waals surface area contributed by atoms with Crippen LogP contribution >= 0.6 is 0 Å². The zero-order valence-corrected chi connectivity index (χ0v) is 36.6. The Morgan fingerprint density at radius 3 is 1.64 bits per heavy atom. The number of aromatic nitrogens is 1. The van der Waals surface area contributed by atoms with Gasteiger partial charge in [0.05, 0.1) is 22.4 Å². The molecular weight excluding hydrogens is 813 g/mol. The van der Waals surface area contributed by atoms with E-state index in [-0.39, 0.29) is 0 Å². The van der Waals surface area contributed by atoms with Gasteiger partial charge in [0.25, 0.3) is 0 Å². The van der Waals surface area contributed by atoms with Crippen LogP contribution in [0.4, 0.5) is 17.1 Å². The zero-order valence-electron chi connectivity index (χ0n) is 36.6. The Hall–Kier alpha value is -8.92. The predicted octanol–water partition coefficient (Wildman–Crippen LogP) is 18.0. The van der Waals surface area contributed by atoms with E-state index in [2.05, 4.69) is 258 Å². The molecule has 0 N–H and O–H groups in total. The lowest BCUT2D eigenvalue weighted by atomic mass is 9.90.